The van der Waals surface area contributed by atoms with Crippen molar-refractivity contribution in [2.24, 2.45) is 5.73 Å². The predicted molar refractivity (Wildman–Crippen MR) is 49.1 cm³/mol. The Kier molecular flexibility index (Phi) is 2.33. The van der Waals surface area contributed by atoms with Crippen LogP contribution >= 0.6 is 0 Å². The van der Waals surface area contributed by atoms with Gasteiger partial charge in [0.1, 0.15) is 6.26 Å². The minimum absolute atomic E-state index is 0.404. The molecule has 1 aliphatic rings. The quantitative estimate of drug-likeness (QED) is 0.715. The molecular formula is C9H15N3O. The van der Waals surface area contributed by atoms with E-state index in [2.05, 4.69) is 10.5 Å². The molecule has 1 aliphatic carbocycles. The molecule has 4 heteroatoms. The van der Waals surface area contributed by atoms with Crippen molar-refractivity contribution in [3.05, 3.63) is 17.5 Å². The fourth-order valence-electron chi connectivity index (χ4n) is 1.57. The highest BCUT2D eigenvalue weighted by molar-refractivity contribution is 5.12. The van der Waals surface area contributed by atoms with Gasteiger partial charge in [-0.15, -0.1) is 0 Å². The summed E-state index contributed by atoms with van der Waals surface area (Å²) in [4.78, 5) is 0. The van der Waals surface area contributed by atoms with Crippen molar-refractivity contribution in [2.45, 2.75) is 38.4 Å². The van der Waals surface area contributed by atoms with Gasteiger partial charge in [0.2, 0.25) is 0 Å². The minimum atomic E-state index is 0.404. The first kappa shape index (κ1) is 8.72. The zero-order valence-corrected chi connectivity index (χ0v) is 7.79. The van der Waals surface area contributed by atoms with Gasteiger partial charge in [0.05, 0.1) is 5.69 Å². The molecule has 1 aromatic rings. The molecule has 13 heavy (non-hydrogen) atoms. The van der Waals surface area contributed by atoms with Gasteiger partial charge in [0.25, 0.3) is 0 Å². The number of aryl methyl sites for hydroxylation is 1. The predicted octanol–water partition coefficient (Wildman–Crippen LogP) is 0.562. The van der Waals surface area contributed by atoms with E-state index in [1.807, 2.05) is 6.92 Å². The first-order valence-corrected chi connectivity index (χ1v) is 4.64. The van der Waals surface area contributed by atoms with Crippen LogP contribution in [0, 0.1) is 6.92 Å². The monoisotopic (exact) mass is 181 g/mol. The Morgan fingerprint density at radius 1 is 1.69 bits per heavy atom. The second kappa shape index (κ2) is 3.47. The van der Waals surface area contributed by atoms with E-state index in [4.69, 9.17) is 10.3 Å². The Hall–Kier alpha value is -0.870. The van der Waals surface area contributed by atoms with Gasteiger partial charge >= 0.3 is 0 Å². The van der Waals surface area contributed by atoms with Crippen LogP contribution in [0.2, 0.25) is 0 Å². The number of aromatic nitrogens is 1. The summed E-state index contributed by atoms with van der Waals surface area (Å²) in [6.45, 7) is 2.79. The molecule has 0 aliphatic heterocycles. The zero-order valence-electron chi connectivity index (χ0n) is 7.79. The second-order valence-corrected chi connectivity index (χ2v) is 3.73. The third-order valence-corrected chi connectivity index (χ3v) is 2.61. The fourth-order valence-corrected chi connectivity index (χ4v) is 1.57. The van der Waals surface area contributed by atoms with Crippen LogP contribution in [0.4, 0.5) is 0 Å². The fraction of sp³-hybridized carbons (Fsp3) is 0.667. The summed E-state index contributed by atoms with van der Waals surface area (Å²) in [5.41, 5.74) is 7.78. The molecule has 1 fully saturated rings. The number of nitrogens with two attached hydrogens (primary N) is 1. The summed E-state index contributed by atoms with van der Waals surface area (Å²) in [5, 5.41) is 7.23. The second-order valence-electron chi connectivity index (χ2n) is 3.73. The first-order chi connectivity index (χ1) is 6.25. The van der Waals surface area contributed by atoms with E-state index in [9.17, 15) is 0 Å². The average molecular weight is 181 g/mol. The van der Waals surface area contributed by atoms with Gasteiger partial charge in [-0.3, -0.25) is 0 Å². The molecule has 0 saturated heterocycles. The maximum absolute atomic E-state index is 5.68. The third-order valence-electron chi connectivity index (χ3n) is 2.61. The molecule has 0 spiro atoms. The molecule has 3 N–H and O–H groups in total. The summed E-state index contributed by atoms with van der Waals surface area (Å²) in [7, 11) is 0. The molecule has 0 atom stereocenters. The lowest BCUT2D eigenvalue weighted by atomic mass is 9.87. The van der Waals surface area contributed by atoms with Gasteiger partial charge < -0.3 is 15.6 Å². The van der Waals surface area contributed by atoms with E-state index in [0.717, 1.165) is 30.6 Å². The molecule has 0 amide bonds. The van der Waals surface area contributed by atoms with Crippen LogP contribution in [-0.4, -0.2) is 17.2 Å². The number of nitrogens with zero attached hydrogens (tertiary/aromatic N) is 1. The van der Waals surface area contributed by atoms with E-state index in [1.54, 1.807) is 6.26 Å². The van der Waals surface area contributed by atoms with Crippen LogP contribution in [0.15, 0.2) is 10.8 Å². The maximum Gasteiger partial charge on any atom is 0.128 e. The lowest BCUT2D eigenvalue weighted by Gasteiger charge is -2.33. The van der Waals surface area contributed by atoms with E-state index in [1.165, 1.54) is 0 Å². The van der Waals surface area contributed by atoms with Crippen LogP contribution in [0.5, 0.6) is 0 Å². The molecule has 1 heterocycles. The summed E-state index contributed by atoms with van der Waals surface area (Å²) in [6.07, 6.45) is 3.87. The SMILES string of the molecule is Cc1nocc1CNC1CC(N)C1. The topological polar surface area (TPSA) is 64.1 Å². The van der Waals surface area contributed by atoms with Gasteiger partial charge in [0.15, 0.2) is 0 Å². The summed E-state index contributed by atoms with van der Waals surface area (Å²) >= 11 is 0. The largest absolute Gasteiger partial charge is 0.364 e. The van der Waals surface area contributed by atoms with Gasteiger partial charge in [-0.1, -0.05) is 5.16 Å². The Bertz CT molecular complexity index is 278. The van der Waals surface area contributed by atoms with E-state index < -0.39 is 0 Å². The molecule has 0 aromatic carbocycles. The number of nitrogens with one attached hydrogen (secondary N) is 1. The van der Waals surface area contributed by atoms with Crippen LogP contribution in [0.25, 0.3) is 0 Å². The summed E-state index contributed by atoms with van der Waals surface area (Å²) < 4.78 is 4.84. The van der Waals surface area contributed by atoms with Crippen molar-refractivity contribution in [2.75, 3.05) is 0 Å². The molecule has 0 unspecified atom stereocenters. The number of rotatable bonds is 3. The molecule has 4 nitrogen and oxygen atoms in total. The molecular weight excluding hydrogens is 166 g/mol. The van der Waals surface area contributed by atoms with Gasteiger partial charge in [0, 0.05) is 24.2 Å². The van der Waals surface area contributed by atoms with Crippen molar-refractivity contribution in [1.29, 1.82) is 0 Å². The van der Waals surface area contributed by atoms with E-state index >= 15 is 0 Å². The van der Waals surface area contributed by atoms with Gasteiger partial charge in [-0.25, -0.2) is 0 Å². The van der Waals surface area contributed by atoms with Gasteiger partial charge in [-0.05, 0) is 19.8 Å². The summed E-state index contributed by atoms with van der Waals surface area (Å²) in [6, 6.07) is 0.991. The van der Waals surface area contributed by atoms with Gasteiger partial charge in [-0.2, -0.15) is 0 Å². The maximum atomic E-state index is 5.68. The van der Waals surface area contributed by atoms with Crippen LogP contribution < -0.4 is 11.1 Å². The number of hydrogen-bond acceptors (Lipinski definition) is 4. The lowest BCUT2D eigenvalue weighted by molar-refractivity contribution is 0.290. The van der Waals surface area contributed by atoms with Crippen molar-refractivity contribution in [1.82, 2.24) is 10.5 Å². The highest BCUT2D eigenvalue weighted by atomic mass is 16.5. The van der Waals surface area contributed by atoms with Crippen LogP contribution in [-0.2, 0) is 6.54 Å². The van der Waals surface area contributed by atoms with Crippen molar-refractivity contribution in [3.8, 4) is 0 Å². The molecule has 2 rings (SSSR count). The third kappa shape index (κ3) is 1.89. The smallest absolute Gasteiger partial charge is 0.128 e. The Morgan fingerprint density at radius 2 is 2.46 bits per heavy atom. The van der Waals surface area contributed by atoms with Crippen LogP contribution in [0.1, 0.15) is 24.1 Å². The molecule has 1 aromatic heterocycles. The minimum Gasteiger partial charge on any atom is -0.364 e. The number of hydrogen-bond donors (Lipinski definition) is 2. The standard InChI is InChI=1S/C9H15N3O/c1-6-7(5-13-12-6)4-11-9-2-8(10)3-9/h5,8-9,11H,2-4,10H2,1H3. The molecule has 1 saturated carbocycles. The van der Waals surface area contributed by atoms with E-state index in [-0.39, 0.29) is 0 Å². The Morgan fingerprint density at radius 3 is 3.00 bits per heavy atom. The zero-order chi connectivity index (χ0) is 9.26. The molecule has 0 radical (unpaired) electrons. The Balaban J connectivity index is 1.77. The van der Waals surface area contributed by atoms with Crippen molar-refractivity contribution < 1.29 is 4.52 Å². The summed E-state index contributed by atoms with van der Waals surface area (Å²) in [5.74, 6) is 0. The molecule has 0 bridgehead atoms. The lowest BCUT2D eigenvalue weighted by Crippen LogP contribution is -2.48. The first-order valence-electron chi connectivity index (χ1n) is 4.64. The van der Waals surface area contributed by atoms with Crippen molar-refractivity contribution in [3.63, 3.8) is 0 Å². The average Bonchev–Trinajstić information content (AvgIpc) is 2.43. The molecule has 72 valence electrons. The normalized spacial score (nSPS) is 27.2. The Labute approximate surface area is 77.5 Å². The highest BCUT2D eigenvalue weighted by Crippen LogP contribution is 2.18. The van der Waals surface area contributed by atoms with E-state index in [0.29, 0.717) is 12.1 Å². The highest BCUT2D eigenvalue weighted by Gasteiger charge is 2.25. The van der Waals surface area contributed by atoms with Crippen molar-refractivity contribution >= 4 is 0 Å². The van der Waals surface area contributed by atoms with Crippen LogP contribution in [0.3, 0.4) is 0 Å².